The van der Waals surface area contributed by atoms with Gasteiger partial charge in [-0.05, 0) is 129 Å². The number of anilines is 6. The maximum absolute atomic E-state index is 7.23. The van der Waals surface area contributed by atoms with Gasteiger partial charge in [-0.2, -0.15) is 0 Å². The fourth-order valence-electron chi connectivity index (χ4n) is 12.2. The van der Waals surface area contributed by atoms with Gasteiger partial charge in [-0.1, -0.05) is 165 Å². The molecule has 0 unspecified atom stereocenters. The van der Waals surface area contributed by atoms with Crippen molar-refractivity contribution in [3.8, 4) is 22.3 Å². The summed E-state index contributed by atoms with van der Waals surface area (Å²) in [6.07, 6.45) is 1.80. The molecule has 14 rings (SSSR count). The number of para-hydroxylation sites is 2. The Balaban J connectivity index is 1.08. The first-order chi connectivity index (χ1) is 35.5. The van der Waals surface area contributed by atoms with Crippen molar-refractivity contribution in [1.29, 1.82) is 0 Å². The van der Waals surface area contributed by atoms with Crippen LogP contribution in [0.5, 0.6) is 0 Å². The molecule has 0 N–H and O–H groups in total. The summed E-state index contributed by atoms with van der Waals surface area (Å²) in [7, 11) is -3.19. The van der Waals surface area contributed by atoms with Gasteiger partial charge in [0.2, 0.25) is 5.71 Å². The lowest BCUT2D eigenvalue weighted by molar-refractivity contribution is 0.654. The second kappa shape index (κ2) is 15.9. The zero-order chi connectivity index (χ0) is 49.4. The van der Waals surface area contributed by atoms with Gasteiger partial charge < -0.3 is 18.6 Å². The molecule has 5 nitrogen and oxygen atoms in total. The SMILES string of the molecule is C[Si](C)(C)c1ccc(N(c2ccc3c(c2)C2(c4ccccc4-c4ccccc42)c2cc(N(c4ccccc4)c4ccc([Si](C)(C)C)cc4)c4oc5ccccc5c4c2-3)c2ccc3c(c2)oc2ncccc23)cc1. The first-order valence-electron chi connectivity index (χ1n) is 25.4. The molecule has 3 aromatic heterocycles. The number of hydrogen-bond donors (Lipinski definition) is 0. The third-order valence-electron chi connectivity index (χ3n) is 15.6. The summed E-state index contributed by atoms with van der Waals surface area (Å²) in [4.78, 5) is 9.42. The van der Waals surface area contributed by atoms with E-state index in [0.717, 1.165) is 72.4 Å². The molecule has 73 heavy (non-hydrogen) atoms. The summed E-state index contributed by atoms with van der Waals surface area (Å²) in [5.41, 5.74) is 18.7. The second-order valence-corrected chi connectivity index (χ2v) is 32.1. The first kappa shape index (κ1) is 43.5. The molecule has 1 spiro atoms. The molecule has 0 radical (unpaired) electrons. The second-order valence-electron chi connectivity index (χ2n) is 21.9. The van der Waals surface area contributed by atoms with E-state index in [1.165, 1.54) is 54.9 Å². The number of benzene rings is 9. The Bertz CT molecular complexity index is 4130. The number of aromatic nitrogens is 1. The van der Waals surface area contributed by atoms with E-state index in [1.54, 1.807) is 6.20 Å². The summed E-state index contributed by atoms with van der Waals surface area (Å²) >= 11 is 0. The quantitative estimate of drug-likeness (QED) is 0.142. The molecule has 0 saturated carbocycles. The topological polar surface area (TPSA) is 45.7 Å². The Hall–Kier alpha value is -8.24. The average molecular weight is 976 g/mol. The summed E-state index contributed by atoms with van der Waals surface area (Å²) < 4.78 is 13.7. The summed E-state index contributed by atoms with van der Waals surface area (Å²) in [5, 5.41) is 7.12. The van der Waals surface area contributed by atoms with Gasteiger partial charge in [-0.3, -0.25) is 0 Å². The van der Waals surface area contributed by atoms with Crippen LogP contribution >= 0.6 is 0 Å². The van der Waals surface area contributed by atoms with Crippen LogP contribution in [0.15, 0.2) is 221 Å². The average Bonchev–Trinajstić information content (AvgIpc) is 4.14. The van der Waals surface area contributed by atoms with Crippen LogP contribution in [-0.4, -0.2) is 21.1 Å². The summed E-state index contributed by atoms with van der Waals surface area (Å²) in [6.45, 7) is 14.5. The van der Waals surface area contributed by atoms with Gasteiger partial charge in [0.25, 0.3) is 0 Å². The number of hydrogen-bond acceptors (Lipinski definition) is 5. The maximum Gasteiger partial charge on any atom is 0.227 e. The minimum atomic E-state index is -1.60. The molecule has 0 amide bonds. The summed E-state index contributed by atoms with van der Waals surface area (Å²) in [6, 6.07) is 76.6. The summed E-state index contributed by atoms with van der Waals surface area (Å²) in [5.74, 6) is 0. The van der Waals surface area contributed by atoms with E-state index in [9.17, 15) is 0 Å². The van der Waals surface area contributed by atoms with Crippen molar-refractivity contribution < 1.29 is 8.83 Å². The molecule has 2 aliphatic carbocycles. The molecular weight excluding hydrogens is 923 g/mol. The van der Waals surface area contributed by atoms with E-state index in [4.69, 9.17) is 8.83 Å². The fraction of sp³-hybridized carbons (Fsp3) is 0.106. The molecule has 0 saturated heterocycles. The van der Waals surface area contributed by atoms with E-state index < -0.39 is 21.6 Å². The Kier molecular flexibility index (Phi) is 9.47. The highest BCUT2D eigenvalue weighted by atomic mass is 28.3. The number of rotatable bonds is 8. The zero-order valence-electron chi connectivity index (χ0n) is 41.9. The van der Waals surface area contributed by atoms with Gasteiger partial charge in [0.05, 0.1) is 27.3 Å². The number of nitrogens with zero attached hydrogens (tertiary/aromatic N) is 3. The zero-order valence-corrected chi connectivity index (χ0v) is 43.9. The van der Waals surface area contributed by atoms with Gasteiger partial charge in [0, 0.05) is 62.2 Å². The predicted octanol–water partition coefficient (Wildman–Crippen LogP) is 17.3. The third kappa shape index (κ3) is 6.48. The lowest BCUT2D eigenvalue weighted by Crippen LogP contribution is -2.37. The predicted molar refractivity (Wildman–Crippen MR) is 310 cm³/mol. The maximum atomic E-state index is 7.23. The van der Waals surface area contributed by atoms with Crippen molar-refractivity contribution in [2.45, 2.75) is 44.7 Å². The molecule has 9 aromatic carbocycles. The fourth-order valence-corrected chi connectivity index (χ4v) is 14.5. The van der Waals surface area contributed by atoms with Gasteiger partial charge in [-0.15, -0.1) is 0 Å². The minimum Gasteiger partial charge on any atom is -0.454 e. The van der Waals surface area contributed by atoms with Crippen LogP contribution in [0, 0.1) is 0 Å². The van der Waals surface area contributed by atoms with E-state index in [1.807, 2.05) is 6.07 Å². The van der Waals surface area contributed by atoms with Crippen LogP contribution in [-0.2, 0) is 5.41 Å². The Morgan fingerprint density at radius 2 is 0.959 bits per heavy atom. The van der Waals surface area contributed by atoms with Gasteiger partial charge in [0.15, 0.2) is 5.58 Å². The van der Waals surface area contributed by atoms with Crippen molar-refractivity contribution in [2.75, 3.05) is 9.80 Å². The minimum absolute atomic E-state index is 0.642. The van der Waals surface area contributed by atoms with E-state index in [-0.39, 0.29) is 0 Å². The Morgan fingerprint density at radius 3 is 1.64 bits per heavy atom. The van der Waals surface area contributed by atoms with Crippen LogP contribution in [0.4, 0.5) is 34.1 Å². The van der Waals surface area contributed by atoms with E-state index >= 15 is 0 Å². The van der Waals surface area contributed by atoms with Gasteiger partial charge in [-0.25, -0.2) is 4.98 Å². The molecule has 352 valence electrons. The van der Waals surface area contributed by atoms with Crippen molar-refractivity contribution in [1.82, 2.24) is 4.98 Å². The van der Waals surface area contributed by atoms with Crippen molar-refractivity contribution in [2.24, 2.45) is 0 Å². The molecule has 12 aromatic rings. The molecule has 2 aliphatic rings. The molecular formula is C66H53N3O2Si2. The highest BCUT2D eigenvalue weighted by Crippen LogP contribution is 2.66. The normalized spacial score (nSPS) is 13.5. The lowest BCUT2D eigenvalue weighted by Gasteiger charge is -2.33. The molecule has 7 heteroatoms. The van der Waals surface area contributed by atoms with Gasteiger partial charge in [0.1, 0.15) is 11.2 Å². The van der Waals surface area contributed by atoms with Crippen LogP contribution in [0.1, 0.15) is 22.3 Å². The molecule has 3 heterocycles. The Morgan fingerprint density at radius 1 is 0.397 bits per heavy atom. The van der Waals surface area contributed by atoms with Crippen molar-refractivity contribution >= 4 is 105 Å². The molecule has 0 bridgehead atoms. The molecule has 0 aliphatic heterocycles. The van der Waals surface area contributed by atoms with E-state index in [2.05, 4.69) is 254 Å². The smallest absolute Gasteiger partial charge is 0.227 e. The van der Waals surface area contributed by atoms with E-state index in [0.29, 0.717) is 5.71 Å². The number of pyridine rings is 1. The van der Waals surface area contributed by atoms with Crippen LogP contribution in [0.3, 0.4) is 0 Å². The van der Waals surface area contributed by atoms with Gasteiger partial charge >= 0.3 is 0 Å². The number of furan rings is 2. The monoisotopic (exact) mass is 975 g/mol. The van der Waals surface area contributed by atoms with Crippen LogP contribution in [0.2, 0.25) is 39.3 Å². The molecule has 0 fully saturated rings. The van der Waals surface area contributed by atoms with Crippen molar-refractivity contribution in [3.05, 3.63) is 235 Å². The highest BCUT2D eigenvalue weighted by Gasteiger charge is 2.53. The highest BCUT2D eigenvalue weighted by molar-refractivity contribution is 6.89. The first-order valence-corrected chi connectivity index (χ1v) is 32.4. The standard InChI is InChI=1S/C66H53N3O2Si2/c1-72(2,3)47-32-26-43(27-33-47)68(46-30-36-51-52-22-16-38-67-65(52)71-61(51)40-46)45-31-37-53-57(39-45)66(55-23-13-10-19-49(55)50-20-11-14-24-56(50)66)58-41-59(64-63(62(53)58)54-21-12-15-25-60(54)70-64)69(42-17-8-7-9-18-42)44-28-34-48(35-29-44)73(4,5)6/h7-41H,1-6H3. The Labute approximate surface area is 427 Å². The van der Waals surface area contributed by atoms with Crippen LogP contribution in [0.25, 0.3) is 66.3 Å². The lowest BCUT2D eigenvalue weighted by atomic mass is 9.70. The third-order valence-corrected chi connectivity index (χ3v) is 19.8. The number of fused-ring (bicyclic) bond motifs is 17. The van der Waals surface area contributed by atoms with Crippen LogP contribution < -0.4 is 20.2 Å². The largest absolute Gasteiger partial charge is 0.454 e. The molecule has 0 atom stereocenters. The van der Waals surface area contributed by atoms with Crippen molar-refractivity contribution in [3.63, 3.8) is 0 Å².